The van der Waals surface area contributed by atoms with Gasteiger partial charge in [-0.2, -0.15) is 0 Å². The molecule has 24 heavy (non-hydrogen) atoms. The Hall–Kier alpha value is -1.50. The minimum absolute atomic E-state index is 0.0709. The van der Waals surface area contributed by atoms with Crippen molar-refractivity contribution in [2.75, 3.05) is 13.2 Å². The second kappa shape index (κ2) is 11.1. The fourth-order valence-electron chi connectivity index (χ4n) is 1.66. The zero-order valence-corrected chi connectivity index (χ0v) is 15.2. The van der Waals surface area contributed by atoms with Crippen molar-refractivity contribution in [1.29, 1.82) is 0 Å². The van der Waals surface area contributed by atoms with Gasteiger partial charge < -0.3 is 9.47 Å². The molecule has 0 spiro atoms. The van der Waals surface area contributed by atoms with E-state index in [0.717, 1.165) is 0 Å². The van der Waals surface area contributed by atoms with Crippen LogP contribution >= 0.6 is 23.2 Å². The molecular weight excluding hydrogens is 355 g/mol. The lowest BCUT2D eigenvalue weighted by atomic mass is 10.3. The molecule has 0 heterocycles. The molecule has 0 fully saturated rings. The molecule has 0 saturated carbocycles. The molecule has 0 atom stereocenters. The predicted octanol–water partition coefficient (Wildman–Crippen LogP) is 3.11. The van der Waals surface area contributed by atoms with Crippen LogP contribution in [0.2, 0.25) is 10.0 Å². The quantitative estimate of drug-likeness (QED) is 0.512. The highest BCUT2D eigenvalue weighted by Crippen LogP contribution is 2.27. The van der Waals surface area contributed by atoms with Gasteiger partial charge in [0, 0.05) is 11.4 Å². The van der Waals surface area contributed by atoms with Gasteiger partial charge in [-0.05, 0) is 38.5 Å². The standard InChI is InChI=1S/C16H22Cl2N2O4/c1-11(2)23-9-7-16(22)20-19-15(21)4-3-8-24-14-6-5-12(17)10-13(14)18/h5-6,10-11H,3-4,7-9H2,1-2H3,(H,19,21)(H,20,22). The van der Waals surface area contributed by atoms with Gasteiger partial charge in [-0.15, -0.1) is 0 Å². The van der Waals surface area contributed by atoms with Gasteiger partial charge in [-0.25, -0.2) is 0 Å². The molecule has 1 rings (SSSR count). The summed E-state index contributed by atoms with van der Waals surface area (Å²) in [5.41, 5.74) is 4.68. The molecule has 134 valence electrons. The maximum Gasteiger partial charge on any atom is 0.240 e. The summed E-state index contributed by atoms with van der Waals surface area (Å²) in [5.74, 6) is -0.0768. The Morgan fingerprint density at radius 2 is 1.75 bits per heavy atom. The maximum absolute atomic E-state index is 11.6. The summed E-state index contributed by atoms with van der Waals surface area (Å²) in [6.07, 6.45) is 0.961. The van der Waals surface area contributed by atoms with Crippen LogP contribution in [0.15, 0.2) is 18.2 Å². The van der Waals surface area contributed by atoms with E-state index in [9.17, 15) is 9.59 Å². The number of benzene rings is 1. The van der Waals surface area contributed by atoms with E-state index in [-0.39, 0.29) is 30.8 Å². The molecule has 0 radical (unpaired) electrons. The lowest BCUT2D eigenvalue weighted by Crippen LogP contribution is -2.42. The molecule has 0 aromatic heterocycles. The van der Waals surface area contributed by atoms with Gasteiger partial charge in [0.1, 0.15) is 5.75 Å². The van der Waals surface area contributed by atoms with Gasteiger partial charge in [0.05, 0.1) is 30.8 Å². The van der Waals surface area contributed by atoms with Crippen molar-refractivity contribution in [2.24, 2.45) is 0 Å². The Balaban J connectivity index is 2.12. The third-order valence-electron chi connectivity index (χ3n) is 2.82. The summed E-state index contributed by atoms with van der Waals surface area (Å²) >= 11 is 11.8. The molecule has 2 amide bonds. The maximum atomic E-state index is 11.6. The van der Waals surface area contributed by atoms with E-state index in [4.69, 9.17) is 32.7 Å². The van der Waals surface area contributed by atoms with Gasteiger partial charge in [0.2, 0.25) is 11.8 Å². The van der Waals surface area contributed by atoms with Crippen LogP contribution in [0.4, 0.5) is 0 Å². The Labute approximate surface area is 151 Å². The number of nitrogens with one attached hydrogen (secondary N) is 2. The van der Waals surface area contributed by atoms with Crippen molar-refractivity contribution in [1.82, 2.24) is 10.9 Å². The highest BCUT2D eigenvalue weighted by Gasteiger charge is 2.06. The van der Waals surface area contributed by atoms with Crippen molar-refractivity contribution in [3.63, 3.8) is 0 Å². The van der Waals surface area contributed by atoms with Crippen molar-refractivity contribution in [3.8, 4) is 5.75 Å². The van der Waals surface area contributed by atoms with E-state index in [1.807, 2.05) is 13.8 Å². The van der Waals surface area contributed by atoms with E-state index in [1.54, 1.807) is 18.2 Å². The number of hydrogen-bond donors (Lipinski definition) is 2. The zero-order chi connectivity index (χ0) is 17.9. The first-order chi connectivity index (χ1) is 11.4. The molecule has 0 saturated heterocycles. The second-order valence-corrected chi connectivity index (χ2v) is 6.14. The van der Waals surface area contributed by atoms with E-state index in [1.165, 1.54) is 0 Å². The van der Waals surface area contributed by atoms with Crippen LogP contribution in [-0.4, -0.2) is 31.1 Å². The highest BCUT2D eigenvalue weighted by atomic mass is 35.5. The van der Waals surface area contributed by atoms with Crippen LogP contribution in [0, 0.1) is 0 Å². The molecule has 0 aliphatic heterocycles. The minimum atomic E-state index is -0.298. The number of carbonyl (C=O) groups is 2. The molecule has 8 heteroatoms. The summed E-state index contributed by atoms with van der Waals surface area (Å²) in [4.78, 5) is 23.0. The van der Waals surface area contributed by atoms with Crippen molar-refractivity contribution >= 4 is 35.0 Å². The summed E-state index contributed by atoms with van der Waals surface area (Å²) in [7, 11) is 0. The van der Waals surface area contributed by atoms with E-state index >= 15 is 0 Å². The summed E-state index contributed by atoms with van der Waals surface area (Å²) in [6.45, 7) is 4.41. The van der Waals surface area contributed by atoms with Gasteiger partial charge in [-0.1, -0.05) is 23.2 Å². The molecule has 1 aromatic carbocycles. The molecule has 0 aliphatic rings. The molecular formula is C16H22Cl2N2O4. The third-order valence-corrected chi connectivity index (χ3v) is 3.35. The second-order valence-electron chi connectivity index (χ2n) is 5.29. The smallest absolute Gasteiger partial charge is 0.240 e. The molecule has 0 bridgehead atoms. The average Bonchev–Trinajstić information content (AvgIpc) is 2.51. The largest absolute Gasteiger partial charge is 0.492 e. The van der Waals surface area contributed by atoms with Crippen LogP contribution in [0.5, 0.6) is 5.75 Å². The molecule has 2 N–H and O–H groups in total. The van der Waals surface area contributed by atoms with Crippen LogP contribution in [0.25, 0.3) is 0 Å². The Morgan fingerprint density at radius 1 is 1.08 bits per heavy atom. The van der Waals surface area contributed by atoms with E-state index < -0.39 is 0 Å². The normalized spacial score (nSPS) is 10.5. The lowest BCUT2D eigenvalue weighted by Gasteiger charge is -2.10. The number of hydrogen-bond acceptors (Lipinski definition) is 4. The van der Waals surface area contributed by atoms with Gasteiger partial charge in [-0.3, -0.25) is 20.4 Å². The number of carbonyl (C=O) groups excluding carboxylic acids is 2. The Kier molecular flexibility index (Phi) is 9.52. The fourth-order valence-corrected chi connectivity index (χ4v) is 2.12. The first kappa shape index (κ1) is 20.5. The zero-order valence-electron chi connectivity index (χ0n) is 13.7. The average molecular weight is 377 g/mol. The van der Waals surface area contributed by atoms with Crippen molar-refractivity contribution < 1.29 is 19.1 Å². The van der Waals surface area contributed by atoms with Crippen molar-refractivity contribution in [2.45, 2.75) is 39.2 Å². The monoisotopic (exact) mass is 376 g/mol. The van der Waals surface area contributed by atoms with Crippen LogP contribution in [0.1, 0.15) is 33.1 Å². The molecule has 1 aromatic rings. The number of halogens is 2. The number of rotatable bonds is 9. The third kappa shape index (κ3) is 8.96. The van der Waals surface area contributed by atoms with Gasteiger partial charge >= 0.3 is 0 Å². The predicted molar refractivity (Wildman–Crippen MR) is 93.2 cm³/mol. The van der Waals surface area contributed by atoms with Gasteiger partial charge in [0.15, 0.2) is 0 Å². The Bertz CT molecular complexity index is 553. The topological polar surface area (TPSA) is 76.7 Å². The number of hydrazine groups is 1. The number of amides is 2. The summed E-state index contributed by atoms with van der Waals surface area (Å²) in [6, 6.07) is 4.93. The van der Waals surface area contributed by atoms with Crippen LogP contribution in [-0.2, 0) is 14.3 Å². The Morgan fingerprint density at radius 3 is 2.38 bits per heavy atom. The SMILES string of the molecule is CC(C)OCCC(=O)NNC(=O)CCCOc1ccc(Cl)cc1Cl. The molecule has 6 nitrogen and oxygen atoms in total. The summed E-state index contributed by atoms with van der Waals surface area (Å²) in [5, 5.41) is 0.948. The van der Waals surface area contributed by atoms with E-state index in [0.29, 0.717) is 35.4 Å². The van der Waals surface area contributed by atoms with E-state index in [2.05, 4.69) is 10.9 Å². The van der Waals surface area contributed by atoms with Crippen LogP contribution in [0.3, 0.4) is 0 Å². The fraction of sp³-hybridized carbons (Fsp3) is 0.500. The van der Waals surface area contributed by atoms with Gasteiger partial charge in [0.25, 0.3) is 0 Å². The minimum Gasteiger partial charge on any atom is -0.492 e. The van der Waals surface area contributed by atoms with Crippen molar-refractivity contribution in [3.05, 3.63) is 28.2 Å². The first-order valence-electron chi connectivity index (χ1n) is 7.65. The molecule has 0 aliphatic carbocycles. The highest BCUT2D eigenvalue weighted by molar-refractivity contribution is 6.35. The first-order valence-corrected chi connectivity index (χ1v) is 8.41. The summed E-state index contributed by atoms with van der Waals surface area (Å²) < 4.78 is 10.7. The number of ether oxygens (including phenoxy) is 2. The lowest BCUT2D eigenvalue weighted by molar-refractivity contribution is -0.129. The molecule has 0 unspecified atom stereocenters. The van der Waals surface area contributed by atoms with Crippen LogP contribution < -0.4 is 15.6 Å².